The van der Waals surface area contributed by atoms with Crippen LogP contribution in [0.3, 0.4) is 0 Å². The van der Waals surface area contributed by atoms with Gasteiger partial charge in [0.25, 0.3) is 11.8 Å². The van der Waals surface area contributed by atoms with Gasteiger partial charge in [-0.2, -0.15) is 0 Å². The van der Waals surface area contributed by atoms with E-state index in [0.29, 0.717) is 16.1 Å². The van der Waals surface area contributed by atoms with Crippen LogP contribution < -0.4 is 10.6 Å². The Bertz CT molecular complexity index is 949. The average molecular weight is 401 g/mol. The lowest BCUT2D eigenvalue weighted by Crippen LogP contribution is -2.30. The molecule has 0 fully saturated rings. The highest BCUT2D eigenvalue weighted by Crippen LogP contribution is 2.29. The molecule has 0 aliphatic heterocycles. The van der Waals surface area contributed by atoms with E-state index in [2.05, 4.69) is 20.4 Å². The minimum atomic E-state index is -0.529. The van der Waals surface area contributed by atoms with Gasteiger partial charge in [0.1, 0.15) is 16.4 Å². The Hall–Kier alpha value is -3.04. The number of benzene rings is 1. The number of ether oxygens (including phenoxy) is 1. The summed E-state index contributed by atoms with van der Waals surface area (Å²) in [5, 5.41) is 7.97. The normalized spacial score (nSPS) is 10.3. The molecule has 3 aromatic rings. The molecule has 0 saturated heterocycles. The van der Waals surface area contributed by atoms with Crippen molar-refractivity contribution >= 4 is 46.1 Å². The van der Waals surface area contributed by atoms with Crippen molar-refractivity contribution in [2.75, 3.05) is 19.0 Å². The number of thiophene rings is 1. The van der Waals surface area contributed by atoms with Crippen molar-refractivity contribution in [3.63, 3.8) is 0 Å². The molecule has 2 aromatic heterocycles. The number of carbonyl (C=O) groups is 3. The van der Waals surface area contributed by atoms with Gasteiger partial charge >= 0.3 is 5.97 Å². The van der Waals surface area contributed by atoms with Gasteiger partial charge in [0, 0.05) is 11.3 Å². The molecule has 3 rings (SSSR count). The van der Waals surface area contributed by atoms with E-state index >= 15 is 0 Å². The summed E-state index contributed by atoms with van der Waals surface area (Å²) < 4.78 is 4.46. The van der Waals surface area contributed by atoms with Gasteiger partial charge in [-0.15, -0.1) is 22.7 Å². The fraction of sp³-hybridized carbons (Fsp3) is 0.111. The largest absolute Gasteiger partial charge is 0.468 e. The molecule has 0 atom stereocenters. The van der Waals surface area contributed by atoms with E-state index in [-0.39, 0.29) is 12.5 Å². The van der Waals surface area contributed by atoms with Gasteiger partial charge in [0.15, 0.2) is 0 Å². The molecule has 7 nitrogen and oxygen atoms in total. The highest BCUT2D eigenvalue weighted by Gasteiger charge is 2.13. The lowest BCUT2D eigenvalue weighted by molar-refractivity contribution is -0.139. The summed E-state index contributed by atoms with van der Waals surface area (Å²) in [5.74, 6) is -1.20. The van der Waals surface area contributed by atoms with Crippen LogP contribution in [0.5, 0.6) is 0 Å². The molecule has 0 spiro atoms. The van der Waals surface area contributed by atoms with Crippen LogP contribution >= 0.6 is 22.7 Å². The molecule has 2 heterocycles. The van der Waals surface area contributed by atoms with Crippen molar-refractivity contribution in [2.45, 2.75) is 0 Å². The maximum atomic E-state index is 12.4. The number of nitrogens with zero attached hydrogens (tertiary/aromatic N) is 1. The van der Waals surface area contributed by atoms with E-state index in [4.69, 9.17) is 0 Å². The first kappa shape index (κ1) is 18.7. The van der Waals surface area contributed by atoms with Gasteiger partial charge in [-0.05, 0) is 35.7 Å². The molecular formula is C18H15N3O4S2. The maximum absolute atomic E-state index is 12.4. The van der Waals surface area contributed by atoms with E-state index < -0.39 is 11.9 Å². The fourth-order valence-electron chi connectivity index (χ4n) is 2.12. The third-order valence-corrected chi connectivity index (χ3v) is 5.52. The third kappa shape index (κ3) is 4.78. The zero-order chi connectivity index (χ0) is 19.2. The molecule has 0 radical (unpaired) electrons. The monoisotopic (exact) mass is 401 g/mol. The Morgan fingerprint density at radius 3 is 2.56 bits per heavy atom. The summed E-state index contributed by atoms with van der Waals surface area (Å²) in [5.41, 5.74) is 0.922. The Morgan fingerprint density at radius 2 is 1.89 bits per heavy atom. The van der Waals surface area contributed by atoms with Crippen LogP contribution in [0.2, 0.25) is 0 Å². The number of thiazole rings is 1. The van der Waals surface area contributed by atoms with Crippen molar-refractivity contribution in [1.29, 1.82) is 0 Å². The number of rotatable bonds is 6. The van der Waals surface area contributed by atoms with E-state index in [1.54, 1.807) is 41.8 Å². The molecule has 0 bridgehead atoms. The number of amides is 2. The number of carbonyl (C=O) groups excluding carboxylic acids is 3. The Labute approximate surface area is 163 Å². The van der Waals surface area contributed by atoms with Crippen molar-refractivity contribution in [3.8, 4) is 9.88 Å². The van der Waals surface area contributed by atoms with Gasteiger partial charge in [-0.3, -0.25) is 14.4 Å². The zero-order valence-electron chi connectivity index (χ0n) is 14.2. The first-order valence-electron chi connectivity index (χ1n) is 7.83. The number of hydrogen-bond donors (Lipinski definition) is 2. The number of anilines is 1. The molecule has 1 aromatic carbocycles. The molecule has 2 N–H and O–H groups in total. The number of hydrogen-bond acceptors (Lipinski definition) is 7. The van der Waals surface area contributed by atoms with E-state index in [0.717, 1.165) is 9.88 Å². The standard InChI is InChI=1S/C18H15N3O4S2/c1-25-15(22)10-19-16(23)11-4-6-12(7-5-11)21-17(24)14-9-20-18(27-14)13-3-2-8-26-13/h2-9H,10H2,1H3,(H,19,23)(H,21,24). The second-order valence-electron chi connectivity index (χ2n) is 5.30. The molecule has 0 aliphatic rings. The molecule has 0 saturated carbocycles. The van der Waals surface area contributed by atoms with Crippen LogP contribution in [0.1, 0.15) is 20.0 Å². The summed E-state index contributed by atoms with van der Waals surface area (Å²) in [7, 11) is 1.25. The van der Waals surface area contributed by atoms with Crippen LogP contribution in [0, 0.1) is 0 Å². The molecule has 0 aliphatic carbocycles. The summed E-state index contributed by atoms with van der Waals surface area (Å²) in [6, 6.07) is 10.2. The predicted molar refractivity (Wildman–Crippen MR) is 104 cm³/mol. The van der Waals surface area contributed by atoms with Crippen molar-refractivity contribution in [2.24, 2.45) is 0 Å². The number of aromatic nitrogens is 1. The predicted octanol–water partition coefficient (Wildman–Crippen LogP) is 3.03. The molecule has 9 heteroatoms. The Balaban J connectivity index is 1.60. The van der Waals surface area contributed by atoms with Crippen LogP contribution in [0.15, 0.2) is 48.0 Å². The molecule has 138 valence electrons. The fourth-order valence-corrected chi connectivity index (χ4v) is 3.73. The molecular weight excluding hydrogens is 386 g/mol. The summed E-state index contributed by atoms with van der Waals surface area (Å²) in [6.45, 7) is -0.203. The van der Waals surface area contributed by atoms with Crippen molar-refractivity contribution < 1.29 is 19.1 Å². The van der Waals surface area contributed by atoms with Crippen LogP contribution in [-0.2, 0) is 9.53 Å². The lowest BCUT2D eigenvalue weighted by Gasteiger charge is -2.06. The smallest absolute Gasteiger partial charge is 0.325 e. The van der Waals surface area contributed by atoms with Crippen molar-refractivity contribution in [1.82, 2.24) is 10.3 Å². The van der Waals surface area contributed by atoms with Gasteiger partial charge in [0.05, 0.1) is 18.2 Å². The maximum Gasteiger partial charge on any atom is 0.325 e. The first-order chi connectivity index (χ1) is 13.1. The Morgan fingerprint density at radius 1 is 1.11 bits per heavy atom. The van der Waals surface area contributed by atoms with Crippen LogP contribution in [-0.4, -0.2) is 36.4 Å². The summed E-state index contributed by atoms with van der Waals surface area (Å²) >= 11 is 2.88. The number of esters is 1. The van der Waals surface area contributed by atoms with E-state index in [1.807, 2.05) is 17.5 Å². The highest BCUT2D eigenvalue weighted by atomic mass is 32.1. The van der Waals surface area contributed by atoms with Gasteiger partial charge < -0.3 is 15.4 Å². The van der Waals surface area contributed by atoms with Crippen LogP contribution in [0.25, 0.3) is 9.88 Å². The highest BCUT2D eigenvalue weighted by molar-refractivity contribution is 7.22. The molecule has 0 unspecified atom stereocenters. The minimum Gasteiger partial charge on any atom is -0.468 e. The summed E-state index contributed by atoms with van der Waals surface area (Å²) in [6.07, 6.45) is 1.55. The van der Waals surface area contributed by atoms with E-state index in [9.17, 15) is 14.4 Å². The second kappa shape index (κ2) is 8.56. The molecule has 27 heavy (non-hydrogen) atoms. The van der Waals surface area contributed by atoms with Crippen LogP contribution in [0.4, 0.5) is 5.69 Å². The zero-order valence-corrected chi connectivity index (χ0v) is 15.9. The van der Waals surface area contributed by atoms with Gasteiger partial charge in [-0.1, -0.05) is 6.07 Å². The van der Waals surface area contributed by atoms with Crippen molar-refractivity contribution in [3.05, 3.63) is 58.4 Å². The third-order valence-electron chi connectivity index (χ3n) is 3.49. The first-order valence-corrected chi connectivity index (χ1v) is 9.52. The van der Waals surface area contributed by atoms with Gasteiger partial charge in [-0.25, -0.2) is 4.98 Å². The number of nitrogens with one attached hydrogen (secondary N) is 2. The minimum absolute atomic E-state index is 0.203. The van der Waals surface area contributed by atoms with E-state index in [1.165, 1.54) is 18.4 Å². The van der Waals surface area contributed by atoms with Gasteiger partial charge in [0.2, 0.25) is 0 Å². The summed E-state index contributed by atoms with van der Waals surface area (Å²) in [4.78, 5) is 41.1. The topological polar surface area (TPSA) is 97.4 Å². The quantitative estimate of drug-likeness (QED) is 0.619. The second-order valence-corrected chi connectivity index (χ2v) is 7.28. The lowest BCUT2D eigenvalue weighted by atomic mass is 10.2. The SMILES string of the molecule is COC(=O)CNC(=O)c1ccc(NC(=O)c2cnc(-c3cccs3)s2)cc1. The molecule has 2 amide bonds. The number of methoxy groups -OCH3 is 1. The average Bonchev–Trinajstić information content (AvgIpc) is 3.37. The Kier molecular flexibility index (Phi) is 5.94.